The van der Waals surface area contributed by atoms with Crippen LogP contribution in [0, 0.1) is 35.3 Å². The molecule has 0 saturated carbocycles. The second kappa shape index (κ2) is 14.7. The Morgan fingerprint density at radius 1 is 0.548 bits per heavy atom. The second-order valence-electron chi connectivity index (χ2n) is 10.8. The summed E-state index contributed by atoms with van der Waals surface area (Å²) < 4.78 is 5.69. The van der Waals surface area contributed by atoms with Crippen LogP contribution >= 0.6 is 0 Å². The zero-order chi connectivity index (χ0) is 30.6. The van der Waals surface area contributed by atoms with Crippen LogP contribution in [-0.4, -0.2) is 44.8 Å². The first-order valence-electron chi connectivity index (χ1n) is 13.6. The van der Waals surface area contributed by atoms with Crippen LogP contribution in [0.1, 0.15) is 17.1 Å². The van der Waals surface area contributed by atoms with Gasteiger partial charge < -0.3 is 13.7 Å². The Hall–Kier alpha value is -4.82. The average Bonchev–Trinajstić information content (AvgIpc) is 3.73. The van der Waals surface area contributed by atoms with Crippen LogP contribution in [0.2, 0.25) is 26.2 Å². The third kappa shape index (κ3) is 9.11. The summed E-state index contributed by atoms with van der Waals surface area (Å²) in [6.45, 7) is 9.08. The maximum Gasteiger partial charge on any atom is 0.163 e. The number of terminal acetylenes is 1. The van der Waals surface area contributed by atoms with Gasteiger partial charge in [-0.05, 0) is 10.4 Å². The van der Waals surface area contributed by atoms with Crippen LogP contribution in [0.4, 0.5) is 0 Å². The van der Waals surface area contributed by atoms with Crippen molar-refractivity contribution in [3.63, 3.8) is 0 Å². The molecule has 3 aromatic heterocycles. The number of hydrogen-bond acceptors (Lipinski definition) is 3. The molecule has 212 valence electrons. The summed E-state index contributed by atoms with van der Waals surface area (Å²) in [4.78, 5) is 12.0. The summed E-state index contributed by atoms with van der Waals surface area (Å²) in [5.41, 5.74) is 9.65. The fraction of sp³-hybridized carbons (Fsp3) is 0.206. The van der Waals surface area contributed by atoms with Crippen molar-refractivity contribution in [3.8, 4) is 35.3 Å². The predicted molar refractivity (Wildman–Crippen MR) is 178 cm³/mol. The quantitative estimate of drug-likeness (QED) is 0.230. The van der Waals surface area contributed by atoms with Crippen molar-refractivity contribution in [1.29, 1.82) is 0 Å². The number of imidazole rings is 3. The lowest BCUT2D eigenvalue weighted by Gasteiger charge is -2.14. The summed E-state index contributed by atoms with van der Waals surface area (Å²) in [6.07, 6.45) is 15.6. The Bertz CT molecular complexity index is 1630. The number of rotatable bonds is 2. The molecule has 0 spiro atoms. The molecule has 8 heteroatoms. The van der Waals surface area contributed by atoms with E-state index in [9.17, 15) is 0 Å². The molecule has 0 bridgehead atoms. The number of aryl methyl sites for hydroxylation is 3. The minimum absolute atomic E-state index is 0.810. The first-order chi connectivity index (χ1) is 20.0. The van der Waals surface area contributed by atoms with E-state index in [0.717, 1.165) is 17.1 Å². The average molecular weight is 587 g/mol. The van der Waals surface area contributed by atoms with Crippen molar-refractivity contribution in [2.45, 2.75) is 26.2 Å². The molecule has 0 fully saturated rings. The van der Waals surface area contributed by atoms with Crippen molar-refractivity contribution < 1.29 is 0 Å². The van der Waals surface area contributed by atoms with Gasteiger partial charge in [-0.3, -0.25) is 0 Å². The second-order valence-corrected chi connectivity index (χ2v) is 19.0. The van der Waals surface area contributed by atoms with E-state index >= 15 is 0 Å². The topological polar surface area (TPSA) is 53.5 Å². The highest BCUT2D eigenvalue weighted by atomic mass is 28.3. The van der Waals surface area contributed by atoms with Crippen molar-refractivity contribution in [2.24, 2.45) is 21.1 Å². The van der Waals surface area contributed by atoms with Crippen LogP contribution in [0.25, 0.3) is 0 Å². The molecule has 0 N–H and O–H groups in total. The van der Waals surface area contributed by atoms with Crippen molar-refractivity contribution in [1.82, 2.24) is 28.7 Å². The smallest absolute Gasteiger partial charge is 0.163 e. The highest BCUT2D eigenvalue weighted by molar-refractivity contribution is 6.96. The SMILES string of the molecule is C#Cc1cncn1C.Cn1cncc1C#C[Si](C)(C)c1ccccc1.Cn1cncc1C#C[Si](C)(C)c1ccccc1. The van der Waals surface area contributed by atoms with Gasteiger partial charge in [0.1, 0.15) is 17.1 Å². The molecule has 0 radical (unpaired) electrons. The number of hydrogen-bond donors (Lipinski definition) is 0. The number of nitrogens with zero attached hydrogens (tertiary/aromatic N) is 6. The minimum atomic E-state index is -1.66. The van der Waals surface area contributed by atoms with E-state index in [4.69, 9.17) is 6.42 Å². The minimum Gasteiger partial charge on any atom is -0.327 e. The van der Waals surface area contributed by atoms with E-state index in [0.29, 0.717) is 0 Å². The maximum atomic E-state index is 5.08. The highest BCUT2D eigenvalue weighted by Crippen LogP contribution is 2.04. The van der Waals surface area contributed by atoms with Gasteiger partial charge in [-0.2, -0.15) is 0 Å². The molecule has 42 heavy (non-hydrogen) atoms. The highest BCUT2D eigenvalue weighted by Gasteiger charge is 2.21. The largest absolute Gasteiger partial charge is 0.327 e. The monoisotopic (exact) mass is 586 g/mol. The Kier molecular flexibility index (Phi) is 11.1. The Labute approximate surface area is 252 Å². The summed E-state index contributed by atoms with van der Waals surface area (Å²) in [6, 6.07) is 21.1. The van der Waals surface area contributed by atoms with E-state index in [1.165, 1.54) is 10.4 Å². The van der Waals surface area contributed by atoms with Crippen LogP contribution in [-0.2, 0) is 21.1 Å². The summed E-state index contributed by atoms with van der Waals surface area (Å²) in [5, 5.41) is 2.74. The molecule has 0 amide bonds. The lowest BCUT2D eigenvalue weighted by atomic mass is 10.4. The normalized spacial score (nSPS) is 10.3. The number of aromatic nitrogens is 6. The van der Waals surface area contributed by atoms with Crippen LogP contribution in [0.5, 0.6) is 0 Å². The van der Waals surface area contributed by atoms with Crippen molar-refractivity contribution >= 4 is 26.5 Å². The van der Waals surface area contributed by atoms with E-state index in [1.54, 1.807) is 29.7 Å². The summed E-state index contributed by atoms with van der Waals surface area (Å²) >= 11 is 0. The molecular formula is C34H38N6Si2. The van der Waals surface area contributed by atoms with E-state index in [-0.39, 0.29) is 0 Å². The molecule has 0 aliphatic heterocycles. The van der Waals surface area contributed by atoms with Gasteiger partial charge in [0.2, 0.25) is 0 Å². The number of benzene rings is 2. The van der Waals surface area contributed by atoms with Crippen LogP contribution in [0.15, 0.2) is 98.2 Å². The molecule has 3 heterocycles. The molecular weight excluding hydrogens is 549 g/mol. The van der Waals surface area contributed by atoms with E-state index in [2.05, 4.69) is 119 Å². The van der Waals surface area contributed by atoms with Gasteiger partial charge in [-0.1, -0.05) is 105 Å². The summed E-state index contributed by atoms with van der Waals surface area (Å²) in [5.74, 6) is 8.96. The fourth-order valence-corrected chi connectivity index (χ4v) is 6.97. The summed E-state index contributed by atoms with van der Waals surface area (Å²) in [7, 11) is 2.47. The van der Waals surface area contributed by atoms with E-state index < -0.39 is 16.1 Å². The predicted octanol–water partition coefficient (Wildman–Crippen LogP) is 4.25. The van der Waals surface area contributed by atoms with Crippen LogP contribution in [0.3, 0.4) is 0 Å². The van der Waals surface area contributed by atoms with Gasteiger partial charge >= 0.3 is 0 Å². The molecule has 5 rings (SSSR count). The van der Waals surface area contributed by atoms with Crippen LogP contribution < -0.4 is 10.4 Å². The third-order valence-corrected chi connectivity index (χ3v) is 11.6. The molecule has 0 atom stereocenters. The molecule has 0 aliphatic rings. The van der Waals surface area contributed by atoms with Gasteiger partial charge in [-0.25, -0.2) is 15.0 Å². The van der Waals surface area contributed by atoms with Gasteiger partial charge in [-0.15, -0.1) is 17.5 Å². The molecule has 0 saturated heterocycles. The lowest BCUT2D eigenvalue weighted by molar-refractivity contribution is 0.899. The lowest BCUT2D eigenvalue weighted by Crippen LogP contribution is -2.39. The molecule has 0 aliphatic carbocycles. The first kappa shape index (κ1) is 31.7. The Morgan fingerprint density at radius 3 is 1.14 bits per heavy atom. The van der Waals surface area contributed by atoms with Gasteiger partial charge in [0.15, 0.2) is 16.1 Å². The molecule has 0 unspecified atom stereocenters. The maximum absolute atomic E-state index is 5.08. The zero-order valence-electron chi connectivity index (χ0n) is 25.5. The zero-order valence-corrected chi connectivity index (χ0v) is 27.5. The first-order valence-corrected chi connectivity index (χ1v) is 19.6. The van der Waals surface area contributed by atoms with Gasteiger partial charge in [0.05, 0.1) is 37.6 Å². The fourth-order valence-electron chi connectivity index (χ4n) is 3.75. The standard InChI is InChI=1S/2C14H16N2Si.C6H6N2/c2*1-16-12-15-11-13(16)9-10-17(2,3)14-7-5-4-6-8-14;1-3-6-4-7-5-8(6)2/h2*4-8,11-12H,1-3H3;1,4-5H,2H3. The van der Waals surface area contributed by atoms with Crippen molar-refractivity contribution in [3.05, 3.63) is 115 Å². The van der Waals surface area contributed by atoms with Gasteiger partial charge in [0, 0.05) is 21.1 Å². The van der Waals surface area contributed by atoms with E-state index in [1.807, 2.05) is 54.8 Å². The molecule has 5 aromatic rings. The van der Waals surface area contributed by atoms with Gasteiger partial charge in [0.25, 0.3) is 0 Å². The Balaban J connectivity index is 0.000000184. The molecule has 6 nitrogen and oxygen atoms in total. The Morgan fingerprint density at radius 2 is 0.881 bits per heavy atom. The van der Waals surface area contributed by atoms with Crippen molar-refractivity contribution in [2.75, 3.05) is 0 Å². The third-order valence-electron chi connectivity index (χ3n) is 6.60. The molecule has 2 aromatic carbocycles.